The molecule has 7 rings (SSSR count). The van der Waals surface area contributed by atoms with E-state index >= 15 is 0 Å². The summed E-state index contributed by atoms with van der Waals surface area (Å²) < 4.78 is 84.0. The van der Waals surface area contributed by atoms with Crippen LogP contribution in [0.3, 0.4) is 0 Å². The second-order valence-corrected chi connectivity index (χ2v) is 10.9. The molecule has 4 aromatic carbocycles. The van der Waals surface area contributed by atoms with Crippen LogP contribution in [0.1, 0.15) is 22.3 Å². The molecule has 3 aromatic heterocycles. The third-order valence-electron chi connectivity index (χ3n) is 7.89. The average molecular weight is 662 g/mol. The summed E-state index contributed by atoms with van der Waals surface area (Å²) in [6, 6.07) is 22.7. The molecular weight excluding hydrogens is 644 g/mol. The number of halogens is 6. The van der Waals surface area contributed by atoms with E-state index in [-0.39, 0.29) is 34.1 Å². The quantitative estimate of drug-likeness (QED) is 0.174. The number of benzene rings is 4. The van der Waals surface area contributed by atoms with Crippen molar-refractivity contribution in [1.82, 2.24) is 24.5 Å². The Labute approximate surface area is 273 Å². The smallest absolute Gasteiger partial charge is 0.309 e. The predicted molar refractivity (Wildman–Crippen MR) is 168 cm³/mol. The SMILES string of the molecule is N#Cc1cnc(-c2ccc(-n3c4ccccc4c4cc(-c5cc(C(F)(F)F)cc(C(F)(F)F)c5)ccc43)c(-c3ncc(C#N)cn3)c2)nc1. The van der Waals surface area contributed by atoms with Gasteiger partial charge in [-0.3, -0.25) is 0 Å². The van der Waals surface area contributed by atoms with Crippen molar-refractivity contribution in [1.29, 1.82) is 10.5 Å². The Bertz CT molecular complexity index is 2450. The zero-order valence-corrected chi connectivity index (χ0v) is 24.7. The standard InChI is InChI=1S/C36H17F6N7/c37-35(38,39)25-9-24(10-26(13-25)36(40,41)42)22-5-7-31-28(11-22)27-3-1-2-4-30(27)49(31)32-8-6-23(33-45-16-20(14-43)17-46-33)12-29(32)34-47-18-21(15-44)19-48-34/h1-13,16-19H. The fourth-order valence-electron chi connectivity index (χ4n) is 5.64. The number of fused-ring (bicyclic) bond motifs is 3. The summed E-state index contributed by atoms with van der Waals surface area (Å²) >= 11 is 0. The zero-order valence-electron chi connectivity index (χ0n) is 24.7. The first-order valence-corrected chi connectivity index (χ1v) is 14.4. The fraction of sp³-hybridized carbons (Fsp3) is 0.0556. The molecule has 0 saturated carbocycles. The van der Waals surface area contributed by atoms with Crippen LogP contribution >= 0.6 is 0 Å². The number of hydrogen-bond acceptors (Lipinski definition) is 6. The maximum absolute atomic E-state index is 13.7. The van der Waals surface area contributed by atoms with E-state index in [4.69, 9.17) is 5.26 Å². The number of nitriles is 2. The van der Waals surface area contributed by atoms with Gasteiger partial charge in [-0.15, -0.1) is 0 Å². The molecule has 13 heteroatoms. The lowest BCUT2D eigenvalue weighted by Gasteiger charge is -2.15. The molecule has 0 aliphatic heterocycles. The Kier molecular flexibility index (Phi) is 7.33. The van der Waals surface area contributed by atoms with Crippen molar-refractivity contribution in [3.8, 4) is 51.7 Å². The van der Waals surface area contributed by atoms with Gasteiger partial charge in [0.1, 0.15) is 12.1 Å². The van der Waals surface area contributed by atoms with Crippen molar-refractivity contribution in [2.24, 2.45) is 0 Å². The first-order valence-electron chi connectivity index (χ1n) is 14.4. The van der Waals surface area contributed by atoms with Gasteiger partial charge < -0.3 is 4.57 Å². The van der Waals surface area contributed by atoms with E-state index < -0.39 is 23.5 Å². The van der Waals surface area contributed by atoms with Gasteiger partial charge >= 0.3 is 12.4 Å². The predicted octanol–water partition coefficient (Wildman–Crippen LogP) is 9.15. The van der Waals surface area contributed by atoms with Gasteiger partial charge in [0.25, 0.3) is 0 Å². The van der Waals surface area contributed by atoms with E-state index in [1.807, 2.05) is 28.8 Å². The fourth-order valence-corrected chi connectivity index (χ4v) is 5.64. The summed E-state index contributed by atoms with van der Waals surface area (Å²) in [6.45, 7) is 0. The number of aromatic nitrogens is 5. The Hall–Kier alpha value is -6.60. The van der Waals surface area contributed by atoms with Gasteiger partial charge in [0, 0.05) is 46.7 Å². The highest BCUT2D eigenvalue weighted by atomic mass is 19.4. The summed E-state index contributed by atoms with van der Waals surface area (Å²) in [7, 11) is 0. The van der Waals surface area contributed by atoms with Crippen molar-refractivity contribution < 1.29 is 26.3 Å². The van der Waals surface area contributed by atoms with E-state index in [1.54, 1.807) is 42.5 Å². The summed E-state index contributed by atoms with van der Waals surface area (Å²) in [5, 5.41) is 19.7. The van der Waals surface area contributed by atoms with Crippen LogP contribution in [0.15, 0.2) is 104 Å². The molecule has 0 aliphatic carbocycles. The third kappa shape index (κ3) is 5.68. The molecule has 0 bridgehead atoms. The van der Waals surface area contributed by atoms with Gasteiger partial charge in [0.15, 0.2) is 11.6 Å². The van der Waals surface area contributed by atoms with Crippen molar-refractivity contribution in [3.63, 3.8) is 0 Å². The monoisotopic (exact) mass is 661 g/mol. The van der Waals surface area contributed by atoms with Gasteiger partial charge in [-0.25, -0.2) is 19.9 Å². The largest absolute Gasteiger partial charge is 0.416 e. The minimum absolute atomic E-state index is 0.104. The van der Waals surface area contributed by atoms with Gasteiger partial charge in [0.2, 0.25) is 0 Å². The van der Waals surface area contributed by atoms with Crippen LogP contribution in [-0.2, 0) is 12.4 Å². The molecule has 0 unspecified atom stereocenters. The lowest BCUT2D eigenvalue weighted by molar-refractivity contribution is -0.143. The number of hydrogen-bond donors (Lipinski definition) is 0. The highest BCUT2D eigenvalue weighted by Crippen LogP contribution is 2.41. The van der Waals surface area contributed by atoms with Crippen molar-refractivity contribution in [2.75, 3.05) is 0 Å². The molecule has 0 aliphatic rings. The van der Waals surface area contributed by atoms with Crippen LogP contribution in [0.4, 0.5) is 26.3 Å². The highest BCUT2D eigenvalue weighted by Gasteiger charge is 2.37. The van der Waals surface area contributed by atoms with Crippen LogP contribution in [-0.4, -0.2) is 24.5 Å². The molecule has 3 heterocycles. The van der Waals surface area contributed by atoms with E-state index in [1.165, 1.54) is 30.9 Å². The van der Waals surface area contributed by atoms with Gasteiger partial charge in [0.05, 0.1) is 39.0 Å². The van der Waals surface area contributed by atoms with E-state index in [9.17, 15) is 31.6 Å². The van der Waals surface area contributed by atoms with Gasteiger partial charge in [-0.2, -0.15) is 36.9 Å². The molecule has 49 heavy (non-hydrogen) atoms. The number of nitrogens with zero attached hydrogens (tertiary/aromatic N) is 7. The minimum atomic E-state index is -4.99. The zero-order chi connectivity index (χ0) is 34.5. The van der Waals surface area contributed by atoms with E-state index in [0.717, 1.165) is 0 Å². The molecule has 0 atom stereocenters. The first-order chi connectivity index (χ1) is 23.4. The molecule has 0 fully saturated rings. The number of para-hydroxylation sites is 1. The number of alkyl halides is 6. The molecule has 0 spiro atoms. The van der Waals surface area contributed by atoms with Crippen LogP contribution < -0.4 is 0 Å². The molecule has 0 radical (unpaired) electrons. The lowest BCUT2D eigenvalue weighted by Crippen LogP contribution is -2.11. The minimum Gasteiger partial charge on any atom is -0.309 e. The molecule has 0 N–H and O–H groups in total. The Morgan fingerprint density at radius 3 is 1.67 bits per heavy atom. The summed E-state index contributed by atoms with van der Waals surface area (Å²) in [6.07, 6.45) is -4.45. The number of rotatable bonds is 4. The van der Waals surface area contributed by atoms with Crippen molar-refractivity contribution >= 4 is 21.8 Å². The average Bonchev–Trinajstić information content (AvgIpc) is 3.44. The van der Waals surface area contributed by atoms with Gasteiger partial charge in [-0.1, -0.05) is 24.3 Å². The topological polar surface area (TPSA) is 104 Å². The molecule has 7 nitrogen and oxygen atoms in total. The highest BCUT2D eigenvalue weighted by molar-refractivity contribution is 6.11. The molecule has 0 amide bonds. The van der Waals surface area contributed by atoms with Crippen LogP contribution in [0.2, 0.25) is 0 Å². The van der Waals surface area contributed by atoms with E-state index in [0.29, 0.717) is 56.6 Å². The van der Waals surface area contributed by atoms with Crippen molar-refractivity contribution in [3.05, 3.63) is 126 Å². The molecular formula is C36H17F6N7. The van der Waals surface area contributed by atoms with Crippen LogP contribution in [0, 0.1) is 22.7 Å². The Morgan fingerprint density at radius 1 is 0.531 bits per heavy atom. The molecule has 0 saturated heterocycles. The normalized spacial score (nSPS) is 11.8. The second kappa shape index (κ2) is 11.6. The summed E-state index contributed by atoms with van der Waals surface area (Å²) in [5.41, 5.74) is 0.590. The Morgan fingerprint density at radius 2 is 1.08 bits per heavy atom. The van der Waals surface area contributed by atoms with Crippen molar-refractivity contribution in [2.45, 2.75) is 12.4 Å². The van der Waals surface area contributed by atoms with Gasteiger partial charge in [-0.05, 0) is 65.7 Å². The maximum atomic E-state index is 13.7. The molecule has 7 aromatic rings. The van der Waals surface area contributed by atoms with Crippen LogP contribution in [0.25, 0.3) is 61.4 Å². The van der Waals surface area contributed by atoms with Crippen LogP contribution in [0.5, 0.6) is 0 Å². The summed E-state index contributed by atoms with van der Waals surface area (Å²) in [5.74, 6) is 0.585. The molecule has 238 valence electrons. The Balaban J connectivity index is 1.47. The summed E-state index contributed by atoms with van der Waals surface area (Å²) in [4.78, 5) is 17.4. The first kappa shape index (κ1) is 31.0. The lowest BCUT2D eigenvalue weighted by atomic mass is 9.97. The maximum Gasteiger partial charge on any atom is 0.416 e. The van der Waals surface area contributed by atoms with E-state index in [2.05, 4.69) is 19.9 Å². The third-order valence-corrected chi connectivity index (χ3v) is 7.89. The second-order valence-electron chi connectivity index (χ2n) is 10.9.